The van der Waals surface area contributed by atoms with Crippen molar-refractivity contribution < 1.29 is 37.6 Å². The van der Waals surface area contributed by atoms with E-state index < -0.39 is 26.5 Å². The summed E-state index contributed by atoms with van der Waals surface area (Å²) in [6.45, 7) is 5.76. The number of ether oxygens (including phenoxy) is 2. The fraction of sp³-hybridized carbons (Fsp3) is 0.857. The normalized spacial score (nSPS) is 13.6. The fourth-order valence-electron chi connectivity index (χ4n) is 5.72. The van der Waals surface area contributed by atoms with Gasteiger partial charge >= 0.3 is 19.8 Å². The van der Waals surface area contributed by atoms with E-state index in [-0.39, 0.29) is 32.0 Å². The van der Waals surface area contributed by atoms with Crippen LogP contribution in [0.15, 0.2) is 24.3 Å². The predicted molar refractivity (Wildman–Crippen MR) is 212 cm³/mol. The van der Waals surface area contributed by atoms with Gasteiger partial charge in [-0.1, -0.05) is 148 Å². The number of allylic oxidation sites excluding steroid dienone is 4. The summed E-state index contributed by atoms with van der Waals surface area (Å²) < 4.78 is 33.0. The van der Waals surface area contributed by atoms with Crippen LogP contribution in [0.3, 0.4) is 0 Å². The van der Waals surface area contributed by atoms with Gasteiger partial charge in [-0.3, -0.25) is 18.6 Å². The minimum Gasteiger partial charge on any atom is -0.462 e. The van der Waals surface area contributed by atoms with Crippen molar-refractivity contribution >= 4 is 19.8 Å². The Morgan fingerprint density at radius 1 is 0.510 bits per heavy atom. The summed E-state index contributed by atoms with van der Waals surface area (Å²) in [6.07, 6.45) is 40.0. The summed E-state index contributed by atoms with van der Waals surface area (Å²) in [4.78, 5) is 34.9. The maximum Gasteiger partial charge on any atom is 0.472 e. The van der Waals surface area contributed by atoms with Gasteiger partial charge in [0.15, 0.2) is 6.10 Å². The second-order valence-corrected chi connectivity index (χ2v) is 15.5. The molecule has 9 heteroatoms. The molecular formula is C42H79O8P. The Bertz CT molecular complexity index is 890. The summed E-state index contributed by atoms with van der Waals surface area (Å²) in [5.74, 6) is -0.808. The van der Waals surface area contributed by atoms with Crippen LogP contribution in [0.2, 0.25) is 0 Å². The van der Waals surface area contributed by atoms with Crippen molar-refractivity contribution in [3.63, 3.8) is 0 Å². The third-order valence-electron chi connectivity index (χ3n) is 8.90. The highest BCUT2D eigenvalue weighted by molar-refractivity contribution is 7.47. The Kier molecular flexibility index (Phi) is 37.2. The second-order valence-electron chi connectivity index (χ2n) is 14.1. The van der Waals surface area contributed by atoms with Crippen molar-refractivity contribution in [2.24, 2.45) is 0 Å². The standard InChI is InChI=1S/C42H79O8P/c1-4-7-9-11-13-15-17-19-21-23-25-27-29-31-33-35-41(43)47-38-40(39-49-51(45,46)48-37-6-3)50-42(44)36-34-32-30-28-26-24-22-20-18-16-14-12-10-8-5-2/h19-22,40H,4-18,23-39H2,1-3H3,(H,45,46)/b21-19-,22-20-. The lowest BCUT2D eigenvalue weighted by Crippen LogP contribution is -2.29. The number of phosphoric acid groups is 1. The van der Waals surface area contributed by atoms with Crippen LogP contribution in [-0.4, -0.2) is 42.8 Å². The Hall–Kier alpha value is -1.47. The zero-order chi connectivity index (χ0) is 37.5. The van der Waals surface area contributed by atoms with E-state index in [4.69, 9.17) is 18.5 Å². The maximum absolute atomic E-state index is 12.6. The highest BCUT2D eigenvalue weighted by Crippen LogP contribution is 2.43. The lowest BCUT2D eigenvalue weighted by Gasteiger charge is -2.20. The number of hydrogen-bond acceptors (Lipinski definition) is 7. The molecule has 1 N–H and O–H groups in total. The number of rotatable bonds is 39. The number of hydrogen-bond donors (Lipinski definition) is 1. The highest BCUT2D eigenvalue weighted by Gasteiger charge is 2.25. The Labute approximate surface area is 313 Å². The van der Waals surface area contributed by atoms with Crippen LogP contribution in [0, 0.1) is 0 Å². The van der Waals surface area contributed by atoms with Gasteiger partial charge < -0.3 is 14.4 Å². The minimum absolute atomic E-state index is 0.0681. The molecule has 51 heavy (non-hydrogen) atoms. The molecule has 0 amide bonds. The number of carbonyl (C=O) groups is 2. The molecule has 0 spiro atoms. The van der Waals surface area contributed by atoms with Gasteiger partial charge in [-0.15, -0.1) is 0 Å². The lowest BCUT2D eigenvalue weighted by molar-refractivity contribution is -0.161. The molecule has 300 valence electrons. The summed E-state index contributed by atoms with van der Waals surface area (Å²) in [7, 11) is -4.29. The fourth-order valence-corrected chi connectivity index (χ4v) is 6.56. The van der Waals surface area contributed by atoms with Crippen LogP contribution < -0.4 is 0 Å². The van der Waals surface area contributed by atoms with Gasteiger partial charge in [0, 0.05) is 12.8 Å². The molecule has 0 aliphatic heterocycles. The third kappa shape index (κ3) is 38.1. The van der Waals surface area contributed by atoms with Crippen LogP contribution in [0.25, 0.3) is 0 Å². The molecule has 0 rings (SSSR count). The van der Waals surface area contributed by atoms with Gasteiger partial charge in [0.05, 0.1) is 13.2 Å². The molecule has 2 unspecified atom stereocenters. The van der Waals surface area contributed by atoms with E-state index in [0.717, 1.165) is 70.6 Å². The lowest BCUT2D eigenvalue weighted by atomic mass is 10.1. The van der Waals surface area contributed by atoms with Crippen molar-refractivity contribution in [2.75, 3.05) is 19.8 Å². The minimum atomic E-state index is -4.29. The summed E-state index contributed by atoms with van der Waals surface area (Å²) in [5, 5.41) is 0. The molecule has 0 aromatic heterocycles. The van der Waals surface area contributed by atoms with Crippen molar-refractivity contribution in [1.29, 1.82) is 0 Å². The first kappa shape index (κ1) is 49.5. The van der Waals surface area contributed by atoms with Gasteiger partial charge in [-0.05, 0) is 70.6 Å². The quantitative estimate of drug-likeness (QED) is 0.0287. The molecule has 0 fully saturated rings. The zero-order valence-corrected chi connectivity index (χ0v) is 34.2. The van der Waals surface area contributed by atoms with Crippen LogP contribution in [0.5, 0.6) is 0 Å². The highest BCUT2D eigenvalue weighted by atomic mass is 31.2. The van der Waals surface area contributed by atoms with E-state index in [1.807, 2.05) is 6.92 Å². The van der Waals surface area contributed by atoms with Crippen molar-refractivity contribution in [1.82, 2.24) is 0 Å². The number of esters is 2. The molecule has 2 atom stereocenters. The molecule has 0 aliphatic rings. The monoisotopic (exact) mass is 743 g/mol. The second kappa shape index (κ2) is 38.3. The van der Waals surface area contributed by atoms with Crippen LogP contribution >= 0.6 is 7.82 Å². The molecule has 0 bridgehead atoms. The van der Waals surface area contributed by atoms with Gasteiger partial charge in [0.1, 0.15) is 6.61 Å². The van der Waals surface area contributed by atoms with Gasteiger partial charge in [-0.2, -0.15) is 0 Å². The van der Waals surface area contributed by atoms with Gasteiger partial charge in [-0.25, -0.2) is 4.57 Å². The summed E-state index contributed by atoms with van der Waals surface area (Å²) in [5.41, 5.74) is 0. The zero-order valence-electron chi connectivity index (χ0n) is 33.3. The van der Waals surface area contributed by atoms with Crippen molar-refractivity contribution in [3.05, 3.63) is 24.3 Å². The number of carbonyl (C=O) groups excluding carboxylic acids is 2. The molecule has 0 heterocycles. The molecular weight excluding hydrogens is 663 g/mol. The predicted octanol–water partition coefficient (Wildman–Crippen LogP) is 13.1. The SMILES string of the molecule is CCCCCCCC/C=C\CCCCCCCC(=O)OCC(COP(=O)(O)OCCC)OC(=O)CCCCCCC/C=C\CCCCCCCC. The van der Waals surface area contributed by atoms with Crippen molar-refractivity contribution in [3.8, 4) is 0 Å². The summed E-state index contributed by atoms with van der Waals surface area (Å²) in [6, 6.07) is 0. The summed E-state index contributed by atoms with van der Waals surface area (Å²) >= 11 is 0. The molecule has 0 saturated carbocycles. The molecule has 0 aliphatic carbocycles. The number of unbranched alkanes of at least 4 members (excludes halogenated alkanes) is 22. The van der Waals surface area contributed by atoms with Crippen LogP contribution in [0.1, 0.15) is 207 Å². The Balaban J connectivity index is 4.20. The first-order valence-corrected chi connectivity index (χ1v) is 22.6. The largest absolute Gasteiger partial charge is 0.472 e. The van der Waals surface area contributed by atoms with E-state index in [2.05, 4.69) is 38.2 Å². The smallest absolute Gasteiger partial charge is 0.462 e. The van der Waals surface area contributed by atoms with Gasteiger partial charge in [0.25, 0.3) is 0 Å². The van der Waals surface area contributed by atoms with Crippen LogP contribution in [-0.2, 0) is 32.7 Å². The molecule has 0 saturated heterocycles. The van der Waals surface area contributed by atoms with Gasteiger partial charge in [0.2, 0.25) is 0 Å². The number of phosphoric ester groups is 1. The topological polar surface area (TPSA) is 108 Å². The first-order chi connectivity index (χ1) is 24.8. The van der Waals surface area contributed by atoms with E-state index in [1.165, 1.54) is 89.9 Å². The van der Waals surface area contributed by atoms with E-state index in [1.54, 1.807) is 0 Å². The average molecular weight is 743 g/mol. The molecule has 0 aromatic carbocycles. The van der Waals surface area contributed by atoms with Crippen molar-refractivity contribution in [2.45, 2.75) is 213 Å². The molecule has 8 nitrogen and oxygen atoms in total. The maximum atomic E-state index is 12.6. The van der Waals surface area contributed by atoms with E-state index in [9.17, 15) is 19.0 Å². The Morgan fingerprint density at radius 3 is 1.33 bits per heavy atom. The third-order valence-corrected chi connectivity index (χ3v) is 9.88. The average Bonchev–Trinajstić information content (AvgIpc) is 3.11. The Morgan fingerprint density at radius 2 is 0.902 bits per heavy atom. The first-order valence-electron chi connectivity index (χ1n) is 21.1. The molecule has 0 radical (unpaired) electrons. The van der Waals surface area contributed by atoms with E-state index in [0.29, 0.717) is 12.8 Å². The van der Waals surface area contributed by atoms with E-state index >= 15 is 0 Å². The molecule has 0 aromatic rings. The van der Waals surface area contributed by atoms with Crippen LogP contribution in [0.4, 0.5) is 0 Å².